The van der Waals surface area contributed by atoms with Crippen LogP contribution in [0.5, 0.6) is 0 Å². The lowest BCUT2D eigenvalue weighted by atomic mass is 10.3. The van der Waals surface area contributed by atoms with Crippen LogP contribution in [0.25, 0.3) is 27.8 Å². The summed E-state index contributed by atoms with van der Waals surface area (Å²) in [5, 5.41) is 0. The van der Waals surface area contributed by atoms with Gasteiger partial charge in [-0.05, 0) is 18.2 Å². The van der Waals surface area contributed by atoms with Gasteiger partial charge >= 0.3 is 0 Å². The topological polar surface area (TPSA) is 35.1 Å². The van der Waals surface area contributed by atoms with Gasteiger partial charge in [0.1, 0.15) is 5.52 Å². The van der Waals surface area contributed by atoms with Crippen molar-refractivity contribution in [2.75, 3.05) is 0 Å². The number of halogens is 1. The maximum absolute atomic E-state index is 4.61. The fourth-order valence-corrected chi connectivity index (χ4v) is 2.95. The van der Waals surface area contributed by atoms with Gasteiger partial charge in [0.05, 0.1) is 45.6 Å². The Kier molecular flexibility index (Phi) is 1.77. The third kappa shape index (κ3) is 1.12. The van der Waals surface area contributed by atoms with Gasteiger partial charge in [-0.25, -0.2) is 7.76 Å². The minimum absolute atomic E-state index is 0.929. The first-order valence-corrected chi connectivity index (χ1v) is 6.20. The van der Waals surface area contributed by atoms with Crippen molar-refractivity contribution in [3.8, 4) is 0 Å². The molecule has 1 aromatic carbocycles. The van der Waals surface area contributed by atoms with Crippen LogP contribution in [0.3, 0.4) is 0 Å². The summed E-state index contributed by atoms with van der Waals surface area (Å²) in [6.45, 7) is 0. The van der Waals surface area contributed by atoms with E-state index in [2.05, 4.69) is 52.1 Å². The van der Waals surface area contributed by atoms with E-state index in [-0.39, 0.29) is 0 Å². The molecule has 0 radical (unpaired) electrons. The molecule has 0 N–H and O–H groups in total. The molecule has 0 aliphatic rings. The highest BCUT2D eigenvalue weighted by Gasteiger charge is 2.13. The zero-order chi connectivity index (χ0) is 11.4. The van der Waals surface area contributed by atoms with Gasteiger partial charge in [0, 0.05) is 6.20 Å². The number of para-hydroxylation sites is 2. The lowest BCUT2D eigenvalue weighted by Gasteiger charge is -1.93. The van der Waals surface area contributed by atoms with Gasteiger partial charge in [0.25, 0.3) is 0 Å². The molecule has 4 nitrogen and oxygen atoms in total. The highest BCUT2D eigenvalue weighted by atomic mass is 127. The predicted octanol–water partition coefficient (Wildman–Crippen LogP) is 3.04. The van der Waals surface area contributed by atoms with E-state index in [9.17, 15) is 0 Å². The standard InChI is InChI=1S/C12H7IN4/c13-17-11-4-2-1-3-10(11)16-9-5-6-14-7-8(9)15-12(16)17/h1-7H. The van der Waals surface area contributed by atoms with Crippen molar-refractivity contribution in [1.29, 1.82) is 0 Å². The van der Waals surface area contributed by atoms with Crippen molar-refractivity contribution in [1.82, 2.24) is 17.1 Å². The molecule has 4 aromatic rings. The average molecular weight is 334 g/mol. The molecule has 0 bridgehead atoms. The van der Waals surface area contributed by atoms with Gasteiger partial charge in [-0.15, -0.1) is 0 Å². The molecule has 82 valence electrons. The molecule has 5 heteroatoms. The number of rotatable bonds is 0. The zero-order valence-corrected chi connectivity index (χ0v) is 10.9. The Labute approximate surface area is 110 Å². The van der Waals surface area contributed by atoms with Crippen molar-refractivity contribution in [3.05, 3.63) is 42.7 Å². The Morgan fingerprint density at radius 3 is 2.71 bits per heavy atom. The molecule has 3 heterocycles. The first-order valence-electron chi connectivity index (χ1n) is 5.24. The number of aromatic nitrogens is 4. The van der Waals surface area contributed by atoms with E-state index in [0.717, 1.165) is 16.8 Å². The van der Waals surface area contributed by atoms with Gasteiger partial charge in [-0.2, -0.15) is 0 Å². The Balaban J connectivity index is 2.41. The summed E-state index contributed by atoms with van der Waals surface area (Å²) in [6.07, 6.45) is 3.60. The van der Waals surface area contributed by atoms with E-state index in [1.165, 1.54) is 11.0 Å². The third-order valence-electron chi connectivity index (χ3n) is 2.95. The van der Waals surface area contributed by atoms with Crippen LogP contribution in [0.1, 0.15) is 0 Å². The Morgan fingerprint density at radius 2 is 1.82 bits per heavy atom. The second-order valence-corrected chi connectivity index (χ2v) is 4.85. The SMILES string of the molecule is In1c2ccccc2n2c3ccncc3nc12. The van der Waals surface area contributed by atoms with Crippen molar-refractivity contribution in [3.63, 3.8) is 0 Å². The lowest BCUT2D eigenvalue weighted by molar-refractivity contribution is 1.26. The van der Waals surface area contributed by atoms with E-state index in [1.54, 1.807) is 12.4 Å². The molecule has 0 saturated heterocycles. The van der Waals surface area contributed by atoms with Crippen LogP contribution in [0.4, 0.5) is 0 Å². The van der Waals surface area contributed by atoms with Gasteiger partial charge in [-0.3, -0.25) is 9.38 Å². The highest BCUT2D eigenvalue weighted by molar-refractivity contribution is 14.1. The summed E-state index contributed by atoms with van der Waals surface area (Å²) >= 11 is 2.28. The van der Waals surface area contributed by atoms with Crippen LogP contribution in [0, 0.1) is 0 Å². The van der Waals surface area contributed by atoms with E-state index in [4.69, 9.17) is 0 Å². The second-order valence-electron chi connectivity index (χ2n) is 3.88. The Hall–Kier alpha value is -1.63. The largest absolute Gasteiger partial charge is 0.276 e. The molecule has 0 spiro atoms. The summed E-state index contributed by atoms with van der Waals surface area (Å²) in [6, 6.07) is 10.3. The second kappa shape index (κ2) is 3.19. The molecule has 4 rings (SSSR count). The number of imidazole rings is 2. The first-order chi connectivity index (χ1) is 8.36. The Morgan fingerprint density at radius 1 is 1.00 bits per heavy atom. The number of pyridine rings is 1. The van der Waals surface area contributed by atoms with E-state index >= 15 is 0 Å². The van der Waals surface area contributed by atoms with E-state index in [0.29, 0.717) is 0 Å². The molecule has 0 fully saturated rings. The van der Waals surface area contributed by atoms with Crippen LogP contribution in [-0.2, 0) is 0 Å². The van der Waals surface area contributed by atoms with Crippen LogP contribution in [0.15, 0.2) is 42.7 Å². The predicted molar refractivity (Wildman–Crippen MR) is 75.4 cm³/mol. The number of hydrogen-bond donors (Lipinski definition) is 0. The van der Waals surface area contributed by atoms with E-state index in [1.807, 2.05) is 18.2 Å². The molecule has 0 atom stereocenters. The van der Waals surface area contributed by atoms with Crippen molar-refractivity contribution in [2.24, 2.45) is 0 Å². The first kappa shape index (κ1) is 9.41. The highest BCUT2D eigenvalue weighted by Crippen LogP contribution is 2.26. The summed E-state index contributed by atoms with van der Waals surface area (Å²) < 4.78 is 4.24. The number of nitrogens with zero attached hydrogens (tertiary/aromatic N) is 4. The quantitative estimate of drug-likeness (QED) is 0.464. The summed E-state index contributed by atoms with van der Waals surface area (Å²) in [4.78, 5) is 8.72. The summed E-state index contributed by atoms with van der Waals surface area (Å²) in [5.41, 5.74) is 4.38. The van der Waals surface area contributed by atoms with Crippen LogP contribution in [0.2, 0.25) is 0 Å². The van der Waals surface area contributed by atoms with Gasteiger partial charge in [0.15, 0.2) is 0 Å². The average Bonchev–Trinajstić information content (AvgIpc) is 2.88. The molecule has 0 aliphatic carbocycles. The maximum atomic E-state index is 4.61. The molecule has 0 saturated carbocycles. The van der Waals surface area contributed by atoms with Crippen molar-refractivity contribution >= 4 is 50.7 Å². The van der Waals surface area contributed by atoms with Crippen molar-refractivity contribution < 1.29 is 0 Å². The number of hydrogen-bond acceptors (Lipinski definition) is 2. The molecule has 0 unspecified atom stereocenters. The molecule has 17 heavy (non-hydrogen) atoms. The monoisotopic (exact) mass is 334 g/mol. The fraction of sp³-hybridized carbons (Fsp3) is 0. The molecule has 0 amide bonds. The van der Waals surface area contributed by atoms with Crippen LogP contribution >= 0.6 is 22.9 Å². The van der Waals surface area contributed by atoms with Crippen LogP contribution in [-0.4, -0.2) is 17.1 Å². The summed E-state index contributed by atoms with van der Waals surface area (Å²) in [7, 11) is 0. The summed E-state index contributed by atoms with van der Waals surface area (Å²) in [5.74, 6) is 0.940. The third-order valence-corrected chi connectivity index (χ3v) is 3.90. The normalized spacial score (nSPS) is 11.8. The number of fused-ring (bicyclic) bond motifs is 5. The zero-order valence-electron chi connectivity index (χ0n) is 8.71. The molecule has 3 aromatic heterocycles. The minimum Gasteiger partial charge on any atom is -0.276 e. The Bertz CT molecular complexity index is 859. The van der Waals surface area contributed by atoms with Gasteiger partial charge in [0.2, 0.25) is 5.78 Å². The van der Waals surface area contributed by atoms with Gasteiger partial charge < -0.3 is 0 Å². The fourth-order valence-electron chi connectivity index (χ4n) is 2.22. The molecule has 0 aliphatic heterocycles. The van der Waals surface area contributed by atoms with Crippen LogP contribution < -0.4 is 0 Å². The molecular formula is C12H7IN4. The maximum Gasteiger partial charge on any atom is 0.225 e. The number of benzene rings is 1. The van der Waals surface area contributed by atoms with Gasteiger partial charge in [-0.1, -0.05) is 12.1 Å². The van der Waals surface area contributed by atoms with E-state index < -0.39 is 0 Å². The smallest absolute Gasteiger partial charge is 0.225 e. The lowest BCUT2D eigenvalue weighted by Crippen LogP contribution is -1.80. The minimum atomic E-state index is 0.929. The van der Waals surface area contributed by atoms with Crippen molar-refractivity contribution in [2.45, 2.75) is 0 Å². The molecular weight excluding hydrogens is 327 g/mol.